The maximum atomic E-state index is 3.66. The second-order valence-corrected chi connectivity index (χ2v) is 10.1. The lowest BCUT2D eigenvalue weighted by Gasteiger charge is -2.17. The Hall–Kier alpha value is 2.28. The lowest BCUT2D eigenvalue weighted by Crippen LogP contribution is -1.91. The first-order chi connectivity index (χ1) is 9.27. The van der Waals surface area contributed by atoms with Gasteiger partial charge < -0.3 is 0 Å². The standard InChI is InChI=1S/C12H2Br8/c13-3-1-2-4(14)7(15)5(3)6-8(16)10(18)12(20)11(19)9(6)17/h1-2H. The SMILES string of the molecule is Brc1ccc(Br)c(-c2c(Br)c(Br)c(Br)c(Br)c2Br)c1Br. The lowest BCUT2D eigenvalue weighted by atomic mass is 10.1. The van der Waals surface area contributed by atoms with Crippen LogP contribution in [0.4, 0.5) is 0 Å². The molecule has 0 atom stereocenters. The molecule has 0 fully saturated rings. The van der Waals surface area contributed by atoms with E-state index in [9.17, 15) is 0 Å². The van der Waals surface area contributed by atoms with Crippen molar-refractivity contribution >= 4 is 127 Å². The van der Waals surface area contributed by atoms with Gasteiger partial charge in [0.05, 0.1) is 0 Å². The first-order valence-corrected chi connectivity index (χ1v) is 11.3. The van der Waals surface area contributed by atoms with Crippen molar-refractivity contribution in [3.8, 4) is 11.1 Å². The molecule has 0 heterocycles. The summed E-state index contributed by atoms with van der Waals surface area (Å²) >= 11 is 28.9. The fraction of sp³-hybridized carbons (Fsp3) is 0. The van der Waals surface area contributed by atoms with Gasteiger partial charge in [-0.15, -0.1) is 0 Å². The molecule has 0 N–H and O–H groups in total. The molecule has 0 saturated heterocycles. The summed E-state index contributed by atoms with van der Waals surface area (Å²) in [6, 6.07) is 4.00. The molecular weight excluding hydrogens is 783 g/mol. The molecule has 20 heavy (non-hydrogen) atoms. The predicted molar refractivity (Wildman–Crippen MR) is 113 cm³/mol. The first-order valence-electron chi connectivity index (χ1n) is 4.92. The van der Waals surface area contributed by atoms with Gasteiger partial charge in [-0.3, -0.25) is 0 Å². The van der Waals surface area contributed by atoms with Gasteiger partial charge in [0.1, 0.15) is 0 Å². The highest BCUT2D eigenvalue weighted by Crippen LogP contribution is 2.52. The monoisotopic (exact) mass is 777 g/mol. The third-order valence-corrected chi connectivity index (χ3v) is 11.3. The highest BCUT2D eigenvalue weighted by atomic mass is 79.9. The zero-order valence-corrected chi connectivity index (χ0v) is 21.9. The molecule has 0 nitrogen and oxygen atoms in total. The summed E-state index contributed by atoms with van der Waals surface area (Å²) in [6.07, 6.45) is 0. The molecule has 0 saturated carbocycles. The van der Waals surface area contributed by atoms with Crippen molar-refractivity contribution in [2.45, 2.75) is 0 Å². The number of hydrogen-bond acceptors (Lipinski definition) is 0. The van der Waals surface area contributed by atoms with Crippen LogP contribution < -0.4 is 0 Å². The molecule has 0 unspecified atom stereocenters. The summed E-state index contributed by atoms with van der Waals surface area (Å²) < 4.78 is 7.72. The molecule has 0 aromatic heterocycles. The van der Waals surface area contributed by atoms with Crippen LogP contribution in [0.25, 0.3) is 11.1 Å². The molecule has 0 radical (unpaired) electrons. The third kappa shape index (κ3) is 3.37. The summed E-state index contributed by atoms with van der Waals surface area (Å²) in [5.74, 6) is 0. The maximum Gasteiger partial charge on any atom is 0.0482 e. The summed E-state index contributed by atoms with van der Waals surface area (Å²) in [5.41, 5.74) is 2.08. The molecular formula is C12H2Br8. The number of benzene rings is 2. The topological polar surface area (TPSA) is 0 Å². The fourth-order valence-electron chi connectivity index (χ4n) is 1.58. The minimum absolute atomic E-state index is 0.946. The van der Waals surface area contributed by atoms with Gasteiger partial charge in [0, 0.05) is 46.9 Å². The van der Waals surface area contributed by atoms with E-state index in [2.05, 4.69) is 127 Å². The van der Waals surface area contributed by atoms with Crippen LogP contribution in [0, 0.1) is 0 Å². The van der Waals surface area contributed by atoms with E-state index >= 15 is 0 Å². The summed E-state index contributed by atoms with van der Waals surface area (Å²) in [6.45, 7) is 0. The van der Waals surface area contributed by atoms with Crippen molar-refractivity contribution in [1.82, 2.24) is 0 Å². The van der Waals surface area contributed by atoms with Gasteiger partial charge in [-0.25, -0.2) is 0 Å². The Morgan fingerprint density at radius 1 is 0.400 bits per heavy atom. The molecule has 0 aliphatic heterocycles. The van der Waals surface area contributed by atoms with Crippen LogP contribution >= 0.6 is 127 Å². The van der Waals surface area contributed by atoms with E-state index in [1.54, 1.807) is 0 Å². The minimum atomic E-state index is 0.946. The van der Waals surface area contributed by atoms with Crippen molar-refractivity contribution in [3.63, 3.8) is 0 Å². The van der Waals surface area contributed by atoms with Crippen LogP contribution in [0.5, 0.6) is 0 Å². The van der Waals surface area contributed by atoms with Gasteiger partial charge in [0.15, 0.2) is 0 Å². The number of halogens is 8. The number of rotatable bonds is 1. The van der Waals surface area contributed by atoms with E-state index in [-0.39, 0.29) is 0 Å². The van der Waals surface area contributed by atoms with E-state index in [0.717, 1.165) is 46.9 Å². The zero-order chi connectivity index (χ0) is 15.2. The van der Waals surface area contributed by atoms with Crippen molar-refractivity contribution in [3.05, 3.63) is 47.9 Å². The second-order valence-electron chi connectivity index (χ2n) is 3.66. The Bertz CT molecular complexity index is 678. The molecule has 0 spiro atoms. The summed E-state index contributed by atoms with van der Waals surface area (Å²) in [7, 11) is 0. The van der Waals surface area contributed by atoms with Gasteiger partial charge in [0.2, 0.25) is 0 Å². The molecule has 2 aromatic carbocycles. The van der Waals surface area contributed by atoms with E-state index in [1.807, 2.05) is 12.1 Å². The Kier molecular flexibility index (Phi) is 6.93. The Labute approximate surface area is 183 Å². The average molecular weight is 785 g/mol. The Morgan fingerprint density at radius 2 is 0.800 bits per heavy atom. The zero-order valence-electron chi connectivity index (χ0n) is 9.18. The summed E-state index contributed by atoms with van der Waals surface area (Å²) in [4.78, 5) is 0. The van der Waals surface area contributed by atoms with Crippen molar-refractivity contribution in [2.24, 2.45) is 0 Å². The van der Waals surface area contributed by atoms with Gasteiger partial charge >= 0.3 is 0 Å². The molecule has 0 aliphatic rings. The van der Waals surface area contributed by atoms with Crippen LogP contribution in [0.15, 0.2) is 47.9 Å². The quantitative estimate of drug-likeness (QED) is 0.200. The highest BCUT2D eigenvalue weighted by molar-refractivity contribution is 9.16. The Balaban J connectivity index is 2.95. The predicted octanol–water partition coefficient (Wildman–Crippen LogP) is 9.45. The molecule has 0 bridgehead atoms. The fourth-order valence-corrected chi connectivity index (χ4v) is 6.69. The second kappa shape index (κ2) is 7.45. The van der Waals surface area contributed by atoms with E-state index in [0.29, 0.717) is 0 Å². The van der Waals surface area contributed by atoms with E-state index in [1.165, 1.54) is 0 Å². The van der Waals surface area contributed by atoms with Gasteiger partial charge in [0.25, 0.3) is 0 Å². The van der Waals surface area contributed by atoms with Crippen LogP contribution in [0.2, 0.25) is 0 Å². The van der Waals surface area contributed by atoms with Gasteiger partial charge in [-0.05, 0) is 124 Å². The third-order valence-electron chi connectivity index (χ3n) is 2.50. The van der Waals surface area contributed by atoms with Crippen LogP contribution in [0.1, 0.15) is 0 Å². The van der Waals surface area contributed by atoms with Crippen LogP contribution in [-0.2, 0) is 0 Å². The van der Waals surface area contributed by atoms with Crippen molar-refractivity contribution < 1.29 is 0 Å². The molecule has 0 aliphatic carbocycles. The largest absolute Gasteiger partial charge is 0.0501 e. The minimum Gasteiger partial charge on any atom is -0.0501 e. The maximum absolute atomic E-state index is 3.66. The highest BCUT2D eigenvalue weighted by Gasteiger charge is 2.22. The first kappa shape index (κ1) is 18.6. The molecule has 2 aromatic rings. The van der Waals surface area contributed by atoms with Crippen molar-refractivity contribution in [1.29, 1.82) is 0 Å². The lowest BCUT2D eigenvalue weighted by molar-refractivity contribution is 1.42. The normalized spacial score (nSPS) is 11.0. The van der Waals surface area contributed by atoms with Crippen molar-refractivity contribution in [2.75, 3.05) is 0 Å². The molecule has 0 amide bonds. The Morgan fingerprint density at radius 3 is 1.30 bits per heavy atom. The van der Waals surface area contributed by atoms with Crippen LogP contribution in [-0.4, -0.2) is 0 Å². The average Bonchev–Trinajstić information content (AvgIpc) is 2.42. The van der Waals surface area contributed by atoms with E-state index in [4.69, 9.17) is 0 Å². The molecule has 106 valence electrons. The van der Waals surface area contributed by atoms with E-state index < -0.39 is 0 Å². The summed E-state index contributed by atoms with van der Waals surface area (Å²) in [5, 5.41) is 0. The van der Waals surface area contributed by atoms with Crippen LogP contribution in [0.3, 0.4) is 0 Å². The molecule has 8 heteroatoms. The van der Waals surface area contributed by atoms with Gasteiger partial charge in [-0.2, -0.15) is 0 Å². The number of hydrogen-bond donors (Lipinski definition) is 0. The smallest absolute Gasteiger partial charge is 0.0482 e. The molecule has 2 rings (SSSR count). The van der Waals surface area contributed by atoms with Gasteiger partial charge in [-0.1, -0.05) is 15.9 Å².